The second-order valence-corrected chi connectivity index (χ2v) is 7.23. The number of anilines is 1. The van der Waals surface area contributed by atoms with E-state index in [4.69, 9.17) is 0 Å². The van der Waals surface area contributed by atoms with Gasteiger partial charge in [-0.15, -0.1) is 0 Å². The number of amides is 3. The van der Waals surface area contributed by atoms with Gasteiger partial charge >= 0.3 is 0 Å². The summed E-state index contributed by atoms with van der Waals surface area (Å²) in [5.74, 6) is -1.63. The number of halogens is 1. The van der Waals surface area contributed by atoms with Crippen LogP contribution in [0.1, 0.15) is 15.9 Å². The van der Waals surface area contributed by atoms with E-state index in [9.17, 15) is 18.8 Å². The van der Waals surface area contributed by atoms with Gasteiger partial charge in [0.2, 0.25) is 11.8 Å². The highest BCUT2D eigenvalue weighted by Gasteiger charge is 2.25. The predicted molar refractivity (Wildman–Crippen MR) is 121 cm³/mol. The van der Waals surface area contributed by atoms with Crippen molar-refractivity contribution in [3.8, 4) is 0 Å². The molecule has 0 heterocycles. The first-order valence-corrected chi connectivity index (χ1v) is 10.1. The van der Waals surface area contributed by atoms with Crippen LogP contribution >= 0.6 is 0 Å². The van der Waals surface area contributed by atoms with Gasteiger partial charge in [0.1, 0.15) is 11.9 Å². The number of likely N-dealkylation sites (N-methyl/N-ethyl adjacent to an activating group) is 1. The Morgan fingerprint density at radius 1 is 0.875 bits per heavy atom. The minimum atomic E-state index is -0.867. The first-order chi connectivity index (χ1) is 15.4. The molecule has 1 unspecified atom stereocenters. The van der Waals surface area contributed by atoms with E-state index in [1.807, 2.05) is 30.3 Å². The zero-order valence-corrected chi connectivity index (χ0v) is 17.6. The molecule has 0 aliphatic carbocycles. The van der Waals surface area contributed by atoms with Crippen molar-refractivity contribution in [1.82, 2.24) is 10.6 Å². The summed E-state index contributed by atoms with van der Waals surface area (Å²) in [4.78, 5) is 39.3. The van der Waals surface area contributed by atoms with Crippen LogP contribution in [-0.2, 0) is 16.0 Å². The summed E-state index contributed by atoms with van der Waals surface area (Å²) >= 11 is 0. The molecular formula is C25H24FN3O3. The van der Waals surface area contributed by atoms with Crippen LogP contribution < -0.4 is 15.5 Å². The molecule has 0 saturated carbocycles. The minimum absolute atomic E-state index is 0.267. The Bertz CT molecular complexity index is 1060. The largest absolute Gasteiger partial charge is 0.343 e. The third-order valence-corrected chi connectivity index (χ3v) is 4.91. The predicted octanol–water partition coefficient (Wildman–Crippen LogP) is 2.95. The molecule has 6 nitrogen and oxygen atoms in total. The maximum absolute atomic E-state index is 13.2. The number of benzene rings is 3. The number of carbonyl (C=O) groups is 3. The van der Waals surface area contributed by atoms with Crippen LogP contribution in [-0.4, -0.2) is 37.4 Å². The second-order valence-electron chi connectivity index (χ2n) is 7.23. The van der Waals surface area contributed by atoms with Gasteiger partial charge in [-0.3, -0.25) is 14.4 Å². The van der Waals surface area contributed by atoms with Crippen LogP contribution in [0.4, 0.5) is 10.1 Å². The third kappa shape index (κ3) is 6.25. The molecule has 0 aliphatic heterocycles. The van der Waals surface area contributed by atoms with E-state index in [1.54, 1.807) is 37.4 Å². The number of hydrogen-bond donors (Lipinski definition) is 2. The molecule has 0 spiro atoms. The first kappa shape index (κ1) is 22.7. The van der Waals surface area contributed by atoms with Crippen LogP contribution in [0.3, 0.4) is 0 Å². The number of rotatable bonds is 8. The van der Waals surface area contributed by atoms with Crippen LogP contribution in [0.25, 0.3) is 0 Å². The van der Waals surface area contributed by atoms with Crippen LogP contribution in [0.15, 0.2) is 84.9 Å². The molecule has 32 heavy (non-hydrogen) atoms. The quantitative estimate of drug-likeness (QED) is 0.573. The molecule has 0 aromatic heterocycles. The average Bonchev–Trinajstić information content (AvgIpc) is 2.83. The SMILES string of the molecule is CN(C(=O)C(Cc1ccccc1)NC(=O)CNC(=O)c1ccccc1)c1ccc(F)cc1. The number of nitrogens with zero attached hydrogens (tertiary/aromatic N) is 1. The maximum Gasteiger partial charge on any atom is 0.251 e. The summed E-state index contributed by atoms with van der Waals surface area (Å²) in [5, 5.41) is 5.27. The lowest BCUT2D eigenvalue weighted by Crippen LogP contribution is -2.51. The highest BCUT2D eigenvalue weighted by molar-refractivity contribution is 6.00. The molecule has 0 bridgehead atoms. The van der Waals surface area contributed by atoms with Crippen LogP contribution in [0, 0.1) is 5.82 Å². The van der Waals surface area contributed by atoms with Crippen molar-refractivity contribution < 1.29 is 18.8 Å². The van der Waals surface area contributed by atoms with Gasteiger partial charge in [0.15, 0.2) is 0 Å². The van der Waals surface area contributed by atoms with Crippen molar-refractivity contribution in [2.45, 2.75) is 12.5 Å². The van der Waals surface area contributed by atoms with Crippen LogP contribution in [0.2, 0.25) is 0 Å². The second kappa shape index (κ2) is 10.9. The van der Waals surface area contributed by atoms with Crippen molar-refractivity contribution >= 4 is 23.4 Å². The monoisotopic (exact) mass is 433 g/mol. The minimum Gasteiger partial charge on any atom is -0.343 e. The molecule has 0 radical (unpaired) electrons. The first-order valence-electron chi connectivity index (χ1n) is 10.1. The van der Waals surface area contributed by atoms with Crippen molar-refractivity contribution in [3.05, 3.63) is 102 Å². The molecule has 3 aromatic carbocycles. The highest BCUT2D eigenvalue weighted by Crippen LogP contribution is 2.15. The Kier molecular flexibility index (Phi) is 7.70. The van der Waals surface area contributed by atoms with Crippen molar-refractivity contribution in [1.29, 1.82) is 0 Å². The standard InChI is InChI=1S/C25H24FN3O3/c1-29(21-14-12-20(26)13-15-21)25(32)22(16-18-8-4-2-5-9-18)28-23(30)17-27-24(31)19-10-6-3-7-11-19/h2-15,22H,16-17H2,1H3,(H,27,31)(H,28,30). The van der Waals surface area contributed by atoms with Gasteiger partial charge in [-0.1, -0.05) is 48.5 Å². The van der Waals surface area contributed by atoms with Gasteiger partial charge in [-0.25, -0.2) is 4.39 Å². The molecule has 3 aromatic rings. The zero-order valence-electron chi connectivity index (χ0n) is 17.6. The fourth-order valence-corrected chi connectivity index (χ4v) is 3.17. The topological polar surface area (TPSA) is 78.5 Å². The molecule has 3 rings (SSSR count). The molecule has 1 atom stereocenters. The lowest BCUT2D eigenvalue weighted by atomic mass is 10.0. The fraction of sp³-hybridized carbons (Fsp3) is 0.160. The van der Waals surface area contributed by atoms with Gasteiger partial charge in [0.05, 0.1) is 6.54 Å². The Morgan fingerprint density at radius 3 is 2.09 bits per heavy atom. The molecule has 0 fully saturated rings. The number of nitrogens with one attached hydrogen (secondary N) is 2. The fourth-order valence-electron chi connectivity index (χ4n) is 3.17. The summed E-state index contributed by atoms with van der Waals surface area (Å²) in [6, 6.07) is 22.5. The van der Waals surface area contributed by atoms with Gasteiger partial charge < -0.3 is 15.5 Å². The maximum atomic E-state index is 13.2. The average molecular weight is 433 g/mol. The van der Waals surface area contributed by atoms with Gasteiger partial charge in [0, 0.05) is 24.7 Å². The highest BCUT2D eigenvalue weighted by atomic mass is 19.1. The Hall–Kier alpha value is -4.00. The molecule has 3 amide bonds. The Balaban J connectivity index is 1.69. The smallest absolute Gasteiger partial charge is 0.251 e. The van der Waals surface area contributed by atoms with E-state index in [1.165, 1.54) is 29.2 Å². The van der Waals surface area contributed by atoms with E-state index in [-0.39, 0.29) is 24.8 Å². The van der Waals surface area contributed by atoms with Crippen molar-refractivity contribution in [2.24, 2.45) is 0 Å². The lowest BCUT2D eigenvalue weighted by Gasteiger charge is -2.25. The number of hydrogen-bond acceptors (Lipinski definition) is 3. The zero-order chi connectivity index (χ0) is 22.9. The third-order valence-electron chi connectivity index (χ3n) is 4.91. The summed E-state index contributed by atoms with van der Waals surface area (Å²) in [7, 11) is 1.57. The number of carbonyl (C=O) groups excluding carboxylic acids is 3. The molecule has 7 heteroatoms. The van der Waals surface area contributed by atoms with Crippen molar-refractivity contribution in [3.63, 3.8) is 0 Å². The summed E-state index contributed by atoms with van der Waals surface area (Å²) in [5.41, 5.74) is 1.81. The lowest BCUT2D eigenvalue weighted by molar-refractivity contribution is -0.126. The normalized spacial score (nSPS) is 11.3. The molecule has 0 saturated heterocycles. The molecule has 2 N–H and O–H groups in total. The summed E-state index contributed by atoms with van der Waals surface area (Å²) < 4.78 is 13.2. The van der Waals surface area contributed by atoms with Gasteiger partial charge in [-0.05, 0) is 42.0 Å². The molecular weight excluding hydrogens is 409 g/mol. The summed E-state index contributed by atoms with van der Waals surface area (Å²) in [6.07, 6.45) is 0.267. The molecule has 164 valence electrons. The van der Waals surface area contributed by atoms with E-state index in [0.717, 1.165) is 5.56 Å². The van der Waals surface area contributed by atoms with Crippen LogP contribution in [0.5, 0.6) is 0 Å². The van der Waals surface area contributed by atoms with Gasteiger partial charge in [0.25, 0.3) is 5.91 Å². The van der Waals surface area contributed by atoms with Gasteiger partial charge in [-0.2, -0.15) is 0 Å². The summed E-state index contributed by atoms with van der Waals surface area (Å²) in [6.45, 7) is -0.271. The van der Waals surface area contributed by atoms with E-state index >= 15 is 0 Å². The Labute approximate surface area is 186 Å². The van der Waals surface area contributed by atoms with E-state index in [0.29, 0.717) is 11.3 Å². The van der Waals surface area contributed by atoms with Crippen molar-refractivity contribution in [2.75, 3.05) is 18.5 Å². The van der Waals surface area contributed by atoms with E-state index < -0.39 is 17.8 Å². The Morgan fingerprint density at radius 2 is 1.47 bits per heavy atom. The molecule has 0 aliphatic rings. The van der Waals surface area contributed by atoms with E-state index in [2.05, 4.69) is 10.6 Å².